The van der Waals surface area contributed by atoms with Crippen molar-refractivity contribution in [1.29, 1.82) is 0 Å². The fraction of sp³-hybridized carbons (Fsp3) is 0.190. The van der Waals surface area contributed by atoms with Gasteiger partial charge >= 0.3 is 0 Å². The van der Waals surface area contributed by atoms with Gasteiger partial charge in [-0.2, -0.15) is 13.0 Å². The van der Waals surface area contributed by atoms with Gasteiger partial charge in [0.05, 0.1) is 5.75 Å². The molecule has 0 saturated carbocycles. The summed E-state index contributed by atoms with van der Waals surface area (Å²) in [5.41, 5.74) is 4.32. The van der Waals surface area contributed by atoms with Crippen LogP contribution in [0.4, 0.5) is 0 Å². The van der Waals surface area contributed by atoms with E-state index in [9.17, 15) is 8.42 Å². The fourth-order valence-electron chi connectivity index (χ4n) is 3.10. The zero-order valence-corrected chi connectivity index (χ0v) is 15.5. The molecule has 0 unspecified atom stereocenters. The van der Waals surface area contributed by atoms with Crippen molar-refractivity contribution in [2.75, 3.05) is 5.75 Å². The van der Waals surface area contributed by atoms with E-state index in [1.54, 1.807) is 0 Å². The largest absolute Gasteiger partial charge is 0.286 e. The van der Waals surface area contributed by atoms with Gasteiger partial charge in [-0.25, -0.2) is 0 Å². The summed E-state index contributed by atoms with van der Waals surface area (Å²) >= 11 is 0. The van der Waals surface area contributed by atoms with Crippen LogP contribution in [0.3, 0.4) is 0 Å². The maximum Gasteiger partial charge on any atom is 0.265 e. The van der Waals surface area contributed by atoms with Crippen LogP contribution in [0.2, 0.25) is 0 Å². The Morgan fingerprint density at radius 3 is 2.42 bits per heavy atom. The Morgan fingerprint density at radius 2 is 1.69 bits per heavy atom. The molecule has 1 heterocycles. The smallest absolute Gasteiger partial charge is 0.265 e. The van der Waals surface area contributed by atoms with E-state index in [-0.39, 0.29) is 5.75 Å². The Hall–Kier alpha value is -2.50. The van der Waals surface area contributed by atoms with E-state index in [0.29, 0.717) is 13.0 Å². The van der Waals surface area contributed by atoms with Gasteiger partial charge in [0.25, 0.3) is 10.1 Å². The molecule has 3 rings (SSSR count). The summed E-state index contributed by atoms with van der Waals surface area (Å²) in [7, 11) is -3.96. The Balaban J connectivity index is 2.02. The first kappa shape index (κ1) is 18.3. The zero-order chi connectivity index (χ0) is 18.6. The van der Waals surface area contributed by atoms with Crippen molar-refractivity contribution in [1.82, 2.24) is 0 Å². The molecule has 0 amide bonds. The third-order valence-corrected chi connectivity index (χ3v) is 5.13. The van der Waals surface area contributed by atoms with E-state index in [4.69, 9.17) is 4.55 Å². The number of hydrogen-bond acceptors (Lipinski definition) is 2. The van der Waals surface area contributed by atoms with Crippen molar-refractivity contribution in [2.45, 2.75) is 19.9 Å². The average Bonchev–Trinajstić information content (AvgIpc) is 2.62. The monoisotopic (exact) mass is 368 g/mol. The number of nitrogens with zero attached hydrogens (tertiary/aromatic N) is 1. The van der Waals surface area contributed by atoms with E-state index in [1.165, 1.54) is 5.56 Å². The maximum absolute atomic E-state index is 11.1. The molecule has 4 nitrogen and oxygen atoms in total. The minimum Gasteiger partial charge on any atom is -0.286 e. The van der Waals surface area contributed by atoms with Gasteiger partial charge in [-0.05, 0) is 30.2 Å². The molecule has 26 heavy (non-hydrogen) atoms. The van der Waals surface area contributed by atoms with Crippen LogP contribution in [0.1, 0.15) is 23.2 Å². The topological polar surface area (TPSA) is 58.2 Å². The van der Waals surface area contributed by atoms with Crippen LogP contribution in [0.15, 0.2) is 60.7 Å². The number of hydrogen-bond donors (Lipinski definition) is 1. The van der Waals surface area contributed by atoms with Crippen LogP contribution in [0, 0.1) is 6.92 Å². The molecule has 0 aliphatic carbocycles. The van der Waals surface area contributed by atoms with Crippen LogP contribution in [0.5, 0.6) is 0 Å². The number of rotatable bonds is 6. The number of aromatic nitrogens is 1. The summed E-state index contributed by atoms with van der Waals surface area (Å²) in [6.07, 6.45) is 4.44. The van der Waals surface area contributed by atoms with Crippen LogP contribution >= 0.6 is 0 Å². The molecule has 0 bridgehead atoms. The molecule has 0 radical (unpaired) electrons. The minimum atomic E-state index is -3.96. The molecule has 5 heteroatoms. The third-order valence-electron chi connectivity index (χ3n) is 4.33. The van der Waals surface area contributed by atoms with Crippen LogP contribution in [-0.4, -0.2) is 18.7 Å². The first-order chi connectivity index (χ1) is 12.4. The summed E-state index contributed by atoms with van der Waals surface area (Å²) in [6, 6.07) is 20.2. The Labute approximate surface area is 154 Å². The number of fused-ring (bicyclic) bond motifs is 1. The second kappa shape index (κ2) is 7.81. The van der Waals surface area contributed by atoms with Gasteiger partial charge in [-0.15, -0.1) is 0 Å². The average molecular weight is 368 g/mol. The van der Waals surface area contributed by atoms with Gasteiger partial charge in [0.15, 0.2) is 6.54 Å². The first-order valence-corrected chi connectivity index (χ1v) is 10.2. The summed E-state index contributed by atoms with van der Waals surface area (Å²) < 4.78 is 33.3. The molecular formula is C21H22NO3S+. The zero-order valence-electron chi connectivity index (χ0n) is 14.7. The number of aryl methyl sites for hydroxylation is 2. The van der Waals surface area contributed by atoms with Crippen LogP contribution in [0.25, 0.3) is 23.1 Å². The summed E-state index contributed by atoms with van der Waals surface area (Å²) in [5, 5.41) is 1.14. The van der Waals surface area contributed by atoms with Crippen molar-refractivity contribution < 1.29 is 17.5 Å². The van der Waals surface area contributed by atoms with Gasteiger partial charge < -0.3 is 0 Å². The molecule has 0 aliphatic rings. The molecule has 1 N–H and O–H groups in total. The molecule has 0 spiro atoms. The standard InChI is InChI=1S/C21H21NO3S/c1-17-16-19(13-12-18-8-3-2-4-9-18)22(14-7-15-26(23,24)25)21-11-6-5-10-20(17)21/h2-6,8-13,16H,7,14-15H2,1H3/p+1. The summed E-state index contributed by atoms with van der Waals surface area (Å²) in [6.45, 7) is 2.58. The fourth-order valence-corrected chi connectivity index (χ4v) is 3.59. The molecule has 0 saturated heterocycles. The molecule has 2 aromatic carbocycles. The van der Waals surface area contributed by atoms with Crippen molar-refractivity contribution in [3.8, 4) is 0 Å². The van der Waals surface area contributed by atoms with Gasteiger partial charge in [-0.1, -0.05) is 42.5 Å². The van der Waals surface area contributed by atoms with E-state index in [0.717, 1.165) is 22.2 Å². The van der Waals surface area contributed by atoms with E-state index < -0.39 is 10.1 Å². The van der Waals surface area contributed by atoms with Gasteiger partial charge in [-0.3, -0.25) is 4.55 Å². The van der Waals surface area contributed by atoms with Crippen molar-refractivity contribution in [2.24, 2.45) is 0 Å². The maximum atomic E-state index is 11.1. The van der Waals surface area contributed by atoms with Crippen molar-refractivity contribution >= 4 is 33.2 Å². The highest BCUT2D eigenvalue weighted by Gasteiger charge is 2.17. The quantitative estimate of drug-likeness (QED) is 0.530. The highest BCUT2D eigenvalue weighted by molar-refractivity contribution is 7.85. The van der Waals surface area contributed by atoms with Crippen LogP contribution < -0.4 is 4.57 Å². The predicted molar refractivity (Wildman–Crippen MR) is 105 cm³/mol. The lowest BCUT2D eigenvalue weighted by Crippen LogP contribution is -2.39. The third kappa shape index (κ3) is 4.56. The number of benzene rings is 2. The van der Waals surface area contributed by atoms with Gasteiger partial charge in [0, 0.05) is 30.0 Å². The van der Waals surface area contributed by atoms with Gasteiger partial charge in [0.2, 0.25) is 11.2 Å². The van der Waals surface area contributed by atoms with Crippen LogP contribution in [-0.2, 0) is 16.7 Å². The predicted octanol–water partition coefficient (Wildman–Crippen LogP) is 3.88. The van der Waals surface area contributed by atoms with Crippen molar-refractivity contribution in [3.63, 3.8) is 0 Å². The lowest BCUT2D eigenvalue weighted by atomic mass is 10.1. The Morgan fingerprint density at radius 1 is 1.00 bits per heavy atom. The molecular weight excluding hydrogens is 346 g/mol. The van der Waals surface area contributed by atoms with Gasteiger partial charge in [0.1, 0.15) is 0 Å². The lowest BCUT2D eigenvalue weighted by molar-refractivity contribution is -0.673. The van der Waals surface area contributed by atoms with E-state index in [1.807, 2.05) is 60.7 Å². The second-order valence-corrected chi connectivity index (χ2v) is 7.88. The molecule has 0 fully saturated rings. The second-order valence-electron chi connectivity index (χ2n) is 6.30. The van der Waals surface area contributed by atoms with E-state index >= 15 is 0 Å². The SMILES string of the molecule is Cc1cc(C=Cc2ccccc2)[n+](CCCS(=O)(=O)O)c2ccccc12. The van der Waals surface area contributed by atoms with E-state index in [2.05, 4.69) is 23.6 Å². The molecule has 1 aromatic heterocycles. The summed E-state index contributed by atoms with van der Waals surface area (Å²) in [4.78, 5) is 0. The molecule has 0 aliphatic heterocycles. The normalized spacial score (nSPS) is 12.1. The van der Waals surface area contributed by atoms with Crippen molar-refractivity contribution in [3.05, 3.63) is 77.5 Å². The molecule has 3 aromatic rings. The first-order valence-electron chi connectivity index (χ1n) is 8.54. The minimum absolute atomic E-state index is 0.246. The molecule has 134 valence electrons. The molecule has 0 atom stereocenters. The number of para-hydroxylation sites is 1. The highest BCUT2D eigenvalue weighted by Crippen LogP contribution is 2.18. The number of pyridine rings is 1. The Bertz CT molecular complexity index is 1040. The summed E-state index contributed by atoms with van der Waals surface area (Å²) in [5.74, 6) is -0.246. The highest BCUT2D eigenvalue weighted by atomic mass is 32.2. The lowest BCUT2D eigenvalue weighted by Gasteiger charge is -2.07. The Kier molecular flexibility index (Phi) is 5.49.